The maximum Gasteiger partial charge on any atom is 0.133 e. The molecule has 0 radical (unpaired) electrons. The van der Waals surface area contributed by atoms with Crippen LogP contribution in [0.3, 0.4) is 0 Å². The van der Waals surface area contributed by atoms with E-state index in [4.69, 9.17) is 4.74 Å². The van der Waals surface area contributed by atoms with Crippen molar-refractivity contribution in [2.75, 3.05) is 7.11 Å². The van der Waals surface area contributed by atoms with Crippen LogP contribution >= 0.6 is 0 Å². The van der Waals surface area contributed by atoms with E-state index in [-0.39, 0.29) is 5.56 Å². The minimum Gasteiger partial charge on any atom is -0.497 e. The summed E-state index contributed by atoms with van der Waals surface area (Å²) in [5.74, 6) is 0.00440. The average molecular weight is 272 g/mol. The van der Waals surface area contributed by atoms with Crippen molar-refractivity contribution in [1.29, 1.82) is 0 Å². The monoisotopic (exact) mass is 272 g/mol. The van der Waals surface area contributed by atoms with Crippen molar-refractivity contribution in [3.8, 4) is 5.75 Å². The molecular formula is C17H17FO2. The van der Waals surface area contributed by atoms with Crippen molar-refractivity contribution in [1.82, 2.24) is 0 Å². The molecule has 1 aliphatic carbocycles. The highest BCUT2D eigenvalue weighted by Crippen LogP contribution is 2.30. The molecule has 2 aromatic rings. The molecule has 1 unspecified atom stereocenters. The van der Waals surface area contributed by atoms with Crippen LogP contribution in [-0.4, -0.2) is 12.2 Å². The molecule has 0 amide bonds. The third-order valence-electron chi connectivity index (χ3n) is 3.94. The van der Waals surface area contributed by atoms with E-state index in [1.54, 1.807) is 12.1 Å². The van der Waals surface area contributed by atoms with Gasteiger partial charge in [-0.2, -0.15) is 0 Å². The molecule has 0 saturated heterocycles. The smallest absolute Gasteiger partial charge is 0.133 e. The Morgan fingerprint density at radius 2 is 1.90 bits per heavy atom. The first-order valence-corrected chi connectivity index (χ1v) is 6.82. The van der Waals surface area contributed by atoms with E-state index in [1.807, 2.05) is 18.2 Å². The lowest BCUT2D eigenvalue weighted by Crippen LogP contribution is -2.03. The summed E-state index contributed by atoms with van der Waals surface area (Å²) in [6, 6.07) is 10.5. The Hall–Kier alpha value is -1.87. The zero-order valence-electron chi connectivity index (χ0n) is 11.4. The van der Waals surface area contributed by atoms with Gasteiger partial charge in [-0.25, -0.2) is 4.39 Å². The van der Waals surface area contributed by atoms with Crippen LogP contribution in [0.15, 0.2) is 36.4 Å². The Bertz CT molecular complexity index is 637. The highest BCUT2D eigenvalue weighted by atomic mass is 19.1. The van der Waals surface area contributed by atoms with Gasteiger partial charge in [-0.05, 0) is 48.1 Å². The summed E-state index contributed by atoms with van der Waals surface area (Å²) in [6.07, 6.45) is 2.36. The number of hydrogen-bond donors (Lipinski definition) is 1. The average Bonchev–Trinajstić information content (AvgIpc) is 2.93. The van der Waals surface area contributed by atoms with E-state index in [2.05, 4.69) is 0 Å². The number of fused-ring (bicyclic) bond motifs is 1. The van der Waals surface area contributed by atoms with Gasteiger partial charge in [-0.1, -0.05) is 18.2 Å². The molecule has 0 aliphatic heterocycles. The fourth-order valence-corrected chi connectivity index (χ4v) is 2.80. The van der Waals surface area contributed by atoms with Crippen molar-refractivity contribution in [3.05, 3.63) is 64.5 Å². The van der Waals surface area contributed by atoms with Crippen molar-refractivity contribution in [3.63, 3.8) is 0 Å². The third kappa shape index (κ3) is 2.29. The van der Waals surface area contributed by atoms with E-state index < -0.39 is 11.9 Å². The zero-order chi connectivity index (χ0) is 14.1. The SMILES string of the molecule is COc1ccc(C(O)c2ccc3c(c2)CCC3)c(F)c1. The molecule has 1 atom stereocenters. The van der Waals surface area contributed by atoms with Crippen LogP contribution in [0.25, 0.3) is 0 Å². The van der Waals surface area contributed by atoms with Gasteiger partial charge in [0.15, 0.2) is 0 Å². The summed E-state index contributed by atoms with van der Waals surface area (Å²) < 4.78 is 19.0. The fraction of sp³-hybridized carbons (Fsp3) is 0.294. The second-order valence-corrected chi connectivity index (χ2v) is 5.17. The second kappa shape index (κ2) is 5.25. The molecule has 3 rings (SSSR count). The molecular weight excluding hydrogens is 255 g/mol. The zero-order valence-corrected chi connectivity index (χ0v) is 11.4. The number of methoxy groups -OCH3 is 1. The van der Waals surface area contributed by atoms with Crippen LogP contribution < -0.4 is 4.74 Å². The minimum atomic E-state index is -0.938. The molecule has 0 bridgehead atoms. The van der Waals surface area contributed by atoms with Gasteiger partial charge in [-0.3, -0.25) is 0 Å². The molecule has 2 nitrogen and oxygen atoms in total. The number of aliphatic hydroxyl groups is 1. The summed E-state index contributed by atoms with van der Waals surface area (Å²) in [7, 11) is 1.49. The van der Waals surface area contributed by atoms with E-state index >= 15 is 0 Å². The molecule has 0 aromatic heterocycles. The predicted octanol–water partition coefficient (Wildman–Crippen LogP) is 3.40. The third-order valence-corrected chi connectivity index (χ3v) is 3.94. The summed E-state index contributed by atoms with van der Waals surface area (Å²) in [6.45, 7) is 0. The molecule has 0 spiro atoms. The quantitative estimate of drug-likeness (QED) is 0.928. The number of rotatable bonds is 3. The molecule has 2 aromatic carbocycles. The first-order chi connectivity index (χ1) is 9.69. The van der Waals surface area contributed by atoms with Gasteiger partial charge >= 0.3 is 0 Å². The molecule has 0 heterocycles. The first-order valence-electron chi connectivity index (χ1n) is 6.82. The summed E-state index contributed by atoms with van der Waals surface area (Å²) in [4.78, 5) is 0. The topological polar surface area (TPSA) is 29.5 Å². The van der Waals surface area contributed by atoms with Crippen LogP contribution in [-0.2, 0) is 12.8 Å². The predicted molar refractivity (Wildman–Crippen MR) is 75.5 cm³/mol. The van der Waals surface area contributed by atoms with Crippen LogP contribution in [0.1, 0.15) is 34.8 Å². The Morgan fingerprint density at radius 1 is 1.10 bits per heavy atom. The van der Waals surface area contributed by atoms with Crippen LogP contribution in [0.4, 0.5) is 4.39 Å². The molecule has 1 aliphatic rings. The van der Waals surface area contributed by atoms with Gasteiger partial charge in [0.05, 0.1) is 7.11 Å². The number of hydrogen-bond acceptors (Lipinski definition) is 2. The van der Waals surface area contributed by atoms with E-state index in [1.165, 1.54) is 24.3 Å². The van der Waals surface area contributed by atoms with E-state index in [0.29, 0.717) is 5.75 Å². The van der Waals surface area contributed by atoms with Gasteiger partial charge < -0.3 is 9.84 Å². The standard InChI is InChI=1S/C17H17FO2/c1-20-14-7-8-15(16(18)10-14)17(19)13-6-5-11-3-2-4-12(11)9-13/h5-10,17,19H,2-4H2,1H3. The van der Waals surface area contributed by atoms with Crippen LogP contribution in [0.5, 0.6) is 5.75 Å². The van der Waals surface area contributed by atoms with Gasteiger partial charge in [-0.15, -0.1) is 0 Å². The van der Waals surface area contributed by atoms with Crippen molar-refractivity contribution >= 4 is 0 Å². The van der Waals surface area contributed by atoms with Crippen LogP contribution in [0.2, 0.25) is 0 Å². The van der Waals surface area contributed by atoms with Crippen LogP contribution in [0, 0.1) is 5.82 Å². The highest BCUT2D eigenvalue weighted by molar-refractivity contribution is 5.40. The molecule has 104 valence electrons. The normalized spacial score (nSPS) is 14.9. The fourth-order valence-electron chi connectivity index (χ4n) is 2.80. The molecule has 20 heavy (non-hydrogen) atoms. The Labute approximate surface area is 117 Å². The van der Waals surface area contributed by atoms with Gasteiger partial charge in [0, 0.05) is 11.6 Å². The van der Waals surface area contributed by atoms with Gasteiger partial charge in [0.1, 0.15) is 17.7 Å². The molecule has 1 N–H and O–H groups in total. The van der Waals surface area contributed by atoms with E-state index in [9.17, 15) is 9.50 Å². The molecule has 3 heteroatoms. The number of halogens is 1. The lowest BCUT2D eigenvalue weighted by Gasteiger charge is -2.14. The highest BCUT2D eigenvalue weighted by Gasteiger charge is 2.18. The summed E-state index contributed by atoms with van der Waals surface area (Å²) >= 11 is 0. The maximum absolute atomic E-state index is 14.0. The minimum absolute atomic E-state index is 0.281. The number of aliphatic hydroxyl groups excluding tert-OH is 1. The van der Waals surface area contributed by atoms with E-state index in [0.717, 1.165) is 24.8 Å². The Balaban J connectivity index is 1.94. The maximum atomic E-state index is 14.0. The number of ether oxygens (including phenoxy) is 1. The second-order valence-electron chi connectivity index (χ2n) is 5.17. The number of benzene rings is 2. The van der Waals surface area contributed by atoms with Crippen molar-refractivity contribution < 1.29 is 14.2 Å². The first kappa shape index (κ1) is 13.1. The molecule has 0 fully saturated rings. The lowest BCUT2D eigenvalue weighted by molar-refractivity contribution is 0.214. The van der Waals surface area contributed by atoms with Gasteiger partial charge in [0.25, 0.3) is 0 Å². The Kier molecular flexibility index (Phi) is 3.45. The largest absolute Gasteiger partial charge is 0.497 e. The Morgan fingerprint density at radius 3 is 2.65 bits per heavy atom. The number of aryl methyl sites for hydroxylation is 2. The summed E-state index contributed by atoms with van der Waals surface area (Å²) in [5, 5.41) is 10.4. The molecule has 0 saturated carbocycles. The lowest BCUT2D eigenvalue weighted by atomic mass is 9.97. The van der Waals surface area contributed by atoms with Gasteiger partial charge in [0.2, 0.25) is 0 Å². The summed E-state index contributed by atoms with van der Waals surface area (Å²) in [5.41, 5.74) is 3.64. The van der Waals surface area contributed by atoms with Crippen molar-refractivity contribution in [2.24, 2.45) is 0 Å². The van der Waals surface area contributed by atoms with Crippen molar-refractivity contribution in [2.45, 2.75) is 25.4 Å².